The van der Waals surface area contributed by atoms with Crippen LogP contribution in [-0.4, -0.2) is 16.2 Å². The van der Waals surface area contributed by atoms with Crippen LogP contribution in [-0.2, 0) is 6.54 Å². The van der Waals surface area contributed by atoms with Crippen molar-refractivity contribution in [3.05, 3.63) is 89.2 Å². The van der Waals surface area contributed by atoms with Crippen LogP contribution in [0.25, 0.3) is 11.0 Å². The van der Waals surface area contributed by atoms with Crippen LogP contribution in [0.3, 0.4) is 0 Å². The lowest BCUT2D eigenvalue weighted by molar-refractivity contribution is 0.185. The molecule has 0 bridgehead atoms. The highest BCUT2D eigenvalue weighted by Crippen LogP contribution is 2.28. The summed E-state index contributed by atoms with van der Waals surface area (Å²) in [6.07, 6.45) is 1.63. The molecule has 0 aliphatic heterocycles. The van der Waals surface area contributed by atoms with E-state index in [9.17, 15) is 0 Å². The topological polar surface area (TPSA) is 36.3 Å². The monoisotopic (exact) mass is 428 g/mol. The first-order valence-electron chi connectivity index (χ1n) is 11.4. The third-order valence-corrected chi connectivity index (χ3v) is 5.79. The molecule has 4 nitrogen and oxygen atoms in total. The number of aromatic nitrogens is 2. The number of fused-ring (bicyclic) bond motifs is 1. The predicted octanol–water partition coefficient (Wildman–Crippen LogP) is 6.96. The second-order valence-corrected chi connectivity index (χ2v) is 8.36. The molecule has 0 radical (unpaired) electrons. The molecule has 0 aliphatic carbocycles. The number of benzene rings is 3. The Bertz CT molecular complexity index is 1170. The minimum atomic E-state index is -0.108. The van der Waals surface area contributed by atoms with E-state index in [0.717, 1.165) is 47.7 Å². The molecule has 4 rings (SSSR count). The normalized spacial score (nSPS) is 12.1. The molecule has 0 spiro atoms. The van der Waals surface area contributed by atoms with Gasteiger partial charge in [-0.15, -0.1) is 0 Å². The second-order valence-electron chi connectivity index (χ2n) is 8.36. The van der Waals surface area contributed by atoms with Crippen molar-refractivity contribution in [2.75, 3.05) is 6.61 Å². The lowest BCUT2D eigenvalue weighted by Crippen LogP contribution is -2.15. The van der Waals surface area contributed by atoms with Gasteiger partial charge in [0.25, 0.3) is 0 Å². The molecule has 0 fully saturated rings. The Balaban J connectivity index is 1.54. The van der Waals surface area contributed by atoms with E-state index in [0.29, 0.717) is 6.61 Å². The maximum atomic E-state index is 6.39. The van der Waals surface area contributed by atoms with Gasteiger partial charge in [-0.2, -0.15) is 0 Å². The first kappa shape index (κ1) is 21.9. The Labute approximate surface area is 190 Å². The molecule has 32 heavy (non-hydrogen) atoms. The van der Waals surface area contributed by atoms with Crippen molar-refractivity contribution >= 4 is 11.0 Å². The lowest BCUT2D eigenvalue weighted by atomic mass is 10.1. The largest absolute Gasteiger partial charge is 0.493 e. The van der Waals surface area contributed by atoms with E-state index in [2.05, 4.69) is 80.8 Å². The molecule has 0 N–H and O–H groups in total. The van der Waals surface area contributed by atoms with Crippen molar-refractivity contribution in [1.82, 2.24) is 9.55 Å². The van der Waals surface area contributed by atoms with Gasteiger partial charge in [0.15, 0.2) is 11.9 Å². The standard InChI is InChI=1S/C28H32N2O2/c1-5-26(32-23-14-8-11-20(2)19-23)28-29-24-15-6-7-16-25(24)30(28)17-10-18-31-27-21(3)12-9-13-22(27)4/h6-9,11-16,19,26H,5,10,17-18H2,1-4H3. The molecule has 166 valence electrons. The van der Waals surface area contributed by atoms with E-state index in [1.54, 1.807) is 0 Å². The van der Waals surface area contributed by atoms with Gasteiger partial charge in [0.2, 0.25) is 0 Å². The van der Waals surface area contributed by atoms with Gasteiger partial charge >= 0.3 is 0 Å². The molecule has 4 aromatic rings. The summed E-state index contributed by atoms with van der Waals surface area (Å²) in [7, 11) is 0. The van der Waals surface area contributed by atoms with E-state index in [4.69, 9.17) is 14.5 Å². The zero-order chi connectivity index (χ0) is 22.5. The van der Waals surface area contributed by atoms with Crippen LogP contribution in [0.2, 0.25) is 0 Å². The van der Waals surface area contributed by atoms with Crippen LogP contribution in [0.1, 0.15) is 48.4 Å². The van der Waals surface area contributed by atoms with Crippen LogP contribution in [0.4, 0.5) is 0 Å². The zero-order valence-electron chi connectivity index (χ0n) is 19.5. The molecular formula is C28H32N2O2. The highest BCUT2D eigenvalue weighted by Gasteiger charge is 2.20. The Morgan fingerprint density at radius 2 is 1.66 bits per heavy atom. The van der Waals surface area contributed by atoms with Crippen LogP contribution in [0.5, 0.6) is 11.5 Å². The maximum Gasteiger partial charge on any atom is 0.156 e. The van der Waals surface area contributed by atoms with E-state index < -0.39 is 0 Å². The highest BCUT2D eigenvalue weighted by molar-refractivity contribution is 5.76. The van der Waals surface area contributed by atoms with Crippen molar-refractivity contribution in [3.63, 3.8) is 0 Å². The molecule has 0 saturated carbocycles. The molecule has 1 aromatic heterocycles. The lowest BCUT2D eigenvalue weighted by Gasteiger charge is -2.20. The van der Waals surface area contributed by atoms with Crippen molar-refractivity contribution in [2.45, 2.75) is 53.2 Å². The molecule has 1 heterocycles. The molecule has 0 aliphatic rings. The summed E-state index contributed by atoms with van der Waals surface area (Å²) < 4.78 is 14.8. The van der Waals surface area contributed by atoms with E-state index in [1.807, 2.05) is 18.2 Å². The van der Waals surface area contributed by atoms with Crippen LogP contribution < -0.4 is 9.47 Å². The molecule has 0 saturated heterocycles. The van der Waals surface area contributed by atoms with E-state index in [-0.39, 0.29) is 6.10 Å². The van der Waals surface area contributed by atoms with Crippen molar-refractivity contribution in [1.29, 1.82) is 0 Å². The number of nitrogens with zero attached hydrogens (tertiary/aromatic N) is 2. The third kappa shape index (κ3) is 4.80. The average Bonchev–Trinajstić information content (AvgIpc) is 3.15. The van der Waals surface area contributed by atoms with Crippen LogP contribution in [0.15, 0.2) is 66.7 Å². The molecule has 1 unspecified atom stereocenters. The average molecular weight is 429 g/mol. The number of rotatable bonds is 9. The van der Waals surface area contributed by atoms with Gasteiger partial charge in [0, 0.05) is 6.54 Å². The second kappa shape index (κ2) is 9.90. The molecular weight excluding hydrogens is 396 g/mol. The summed E-state index contributed by atoms with van der Waals surface area (Å²) in [6, 6.07) is 22.8. The quantitative estimate of drug-likeness (QED) is 0.270. The summed E-state index contributed by atoms with van der Waals surface area (Å²) in [5, 5.41) is 0. The SMILES string of the molecule is CCC(Oc1cccc(C)c1)c1nc2ccccc2n1CCCOc1c(C)cccc1C. The van der Waals surface area contributed by atoms with E-state index in [1.165, 1.54) is 16.7 Å². The third-order valence-electron chi connectivity index (χ3n) is 5.79. The number of aryl methyl sites for hydroxylation is 4. The Morgan fingerprint density at radius 1 is 0.906 bits per heavy atom. The minimum absolute atomic E-state index is 0.108. The first-order valence-corrected chi connectivity index (χ1v) is 11.4. The number of hydrogen-bond donors (Lipinski definition) is 0. The Hall–Kier alpha value is -3.27. The van der Waals surface area contributed by atoms with Gasteiger partial charge in [0.05, 0.1) is 17.6 Å². The minimum Gasteiger partial charge on any atom is -0.493 e. The predicted molar refractivity (Wildman–Crippen MR) is 131 cm³/mol. The maximum absolute atomic E-state index is 6.39. The zero-order valence-corrected chi connectivity index (χ0v) is 19.5. The van der Waals surface area contributed by atoms with Crippen LogP contribution in [0, 0.1) is 20.8 Å². The van der Waals surface area contributed by atoms with Gasteiger partial charge in [-0.25, -0.2) is 4.98 Å². The van der Waals surface area contributed by atoms with Gasteiger partial charge in [0.1, 0.15) is 11.5 Å². The summed E-state index contributed by atoms with van der Waals surface area (Å²) in [5.74, 6) is 2.86. The fraction of sp³-hybridized carbons (Fsp3) is 0.321. The Kier molecular flexibility index (Phi) is 6.79. The summed E-state index contributed by atoms with van der Waals surface area (Å²) in [5.41, 5.74) is 5.69. The Morgan fingerprint density at radius 3 is 2.41 bits per heavy atom. The van der Waals surface area contributed by atoms with Crippen molar-refractivity contribution < 1.29 is 9.47 Å². The van der Waals surface area contributed by atoms with Gasteiger partial charge in [-0.05, 0) is 74.6 Å². The highest BCUT2D eigenvalue weighted by atomic mass is 16.5. The van der Waals surface area contributed by atoms with Gasteiger partial charge < -0.3 is 14.0 Å². The fourth-order valence-corrected chi connectivity index (χ4v) is 4.17. The van der Waals surface area contributed by atoms with Gasteiger partial charge in [-0.1, -0.05) is 49.4 Å². The van der Waals surface area contributed by atoms with E-state index >= 15 is 0 Å². The fourth-order valence-electron chi connectivity index (χ4n) is 4.17. The summed E-state index contributed by atoms with van der Waals surface area (Å²) in [4.78, 5) is 4.96. The van der Waals surface area contributed by atoms with Crippen LogP contribution >= 0.6 is 0 Å². The smallest absolute Gasteiger partial charge is 0.156 e. The molecule has 0 amide bonds. The van der Waals surface area contributed by atoms with Crippen molar-refractivity contribution in [3.8, 4) is 11.5 Å². The number of para-hydroxylation sites is 3. The number of ether oxygens (including phenoxy) is 2. The summed E-state index contributed by atoms with van der Waals surface area (Å²) >= 11 is 0. The number of imidazole rings is 1. The van der Waals surface area contributed by atoms with Crippen molar-refractivity contribution in [2.24, 2.45) is 0 Å². The summed E-state index contributed by atoms with van der Waals surface area (Å²) in [6.45, 7) is 9.91. The molecule has 1 atom stereocenters. The van der Waals surface area contributed by atoms with Gasteiger partial charge in [-0.3, -0.25) is 0 Å². The number of hydrogen-bond acceptors (Lipinski definition) is 3. The first-order chi connectivity index (χ1) is 15.6. The molecule has 3 aromatic carbocycles. The molecule has 4 heteroatoms.